The quantitative estimate of drug-likeness (QED) is 0.721. The number of nitrogens with zero attached hydrogens (tertiary/aromatic N) is 2. The van der Waals surface area contributed by atoms with Gasteiger partial charge in [0.2, 0.25) is 0 Å². The maximum atomic E-state index is 13.0. The third-order valence-electron chi connectivity index (χ3n) is 4.15. The number of hydrogen-bond donors (Lipinski definition) is 2. The lowest BCUT2D eigenvalue weighted by Crippen LogP contribution is -2.35. The van der Waals surface area contributed by atoms with Gasteiger partial charge in [-0.3, -0.25) is 0 Å². The Balaban J connectivity index is 1.61. The van der Waals surface area contributed by atoms with Gasteiger partial charge in [0, 0.05) is 30.4 Å². The average molecular weight is 343 g/mol. The number of benzene rings is 1. The molecular formula is C19H22FN3O2. The van der Waals surface area contributed by atoms with Crippen LogP contribution in [0.15, 0.2) is 47.1 Å². The van der Waals surface area contributed by atoms with Crippen molar-refractivity contribution in [2.45, 2.75) is 32.9 Å². The molecule has 1 unspecified atom stereocenters. The van der Waals surface area contributed by atoms with Gasteiger partial charge in [-0.25, -0.2) is 9.07 Å². The minimum atomic E-state index is -1.02. The van der Waals surface area contributed by atoms with E-state index in [1.807, 2.05) is 26.1 Å². The highest BCUT2D eigenvalue weighted by atomic mass is 19.1. The van der Waals surface area contributed by atoms with Crippen LogP contribution in [-0.4, -0.2) is 21.4 Å². The lowest BCUT2D eigenvalue weighted by atomic mass is 9.96. The van der Waals surface area contributed by atoms with Crippen molar-refractivity contribution in [3.63, 3.8) is 0 Å². The van der Waals surface area contributed by atoms with Crippen molar-refractivity contribution >= 4 is 0 Å². The number of halogens is 1. The Kier molecular flexibility index (Phi) is 4.74. The second-order valence-electron chi connectivity index (χ2n) is 6.47. The summed E-state index contributed by atoms with van der Waals surface area (Å²) in [6.45, 7) is 6.42. The number of aliphatic hydroxyl groups is 1. The molecule has 2 heterocycles. The van der Waals surface area contributed by atoms with Crippen molar-refractivity contribution in [2.24, 2.45) is 0 Å². The van der Waals surface area contributed by atoms with E-state index in [0.29, 0.717) is 13.1 Å². The highest BCUT2D eigenvalue weighted by molar-refractivity contribution is 5.31. The molecule has 25 heavy (non-hydrogen) atoms. The predicted molar refractivity (Wildman–Crippen MR) is 93.0 cm³/mol. The molecule has 5 nitrogen and oxygen atoms in total. The molecule has 0 aliphatic heterocycles. The van der Waals surface area contributed by atoms with Crippen molar-refractivity contribution < 1.29 is 13.9 Å². The molecule has 1 aromatic carbocycles. The topological polar surface area (TPSA) is 63.2 Å². The van der Waals surface area contributed by atoms with Crippen LogP contribution >= 0.6 is 0 Å². The van der Waals surface area contributed by atoms with Gasteiger partial charge >= 0.3 is 0 Å². The molecule has 132 valence electrons. The Labute approximate surface area is 146 Å². The summed E-state index contributed by atoms with van der Waals surface area (Å²) >= 11 is 0. The summed E-state index contributed by atoms with van der Waals surface area (Å²) in [7, 11) is 0. The number of aromatic nitrogens is 2. The lowest BCUT2D eigenvalue weighted by molar-refractivity contribution is 0.0552. The molecule has 0 fully saturated rings. The van der Waals surface area contributed by atoms with Crippen molar-refractivity contribution in [1.82, 2.24) is 15.1 Å². The van der Waals surface area contributed by atoms with E-state index >= 15 is 0 Å². The summed E-state index contributed by atoms with van der Waals surface area (Å²) < 4.78 is 20.2. The van der Waals surface area contributed by atoms with Crippen LogP contribution < -0.4 is 5.32 Å². The van der Waals surface area contributed by atoms with E-state index in [2.05, 4.69) is 10.4 Å². The van der Waals surface area contributed by atoms with E-state index in [1.165, 1.54) is 12.1 Å². The van der Waals surface area contributed by atoms with Crippen LogP contribution in [-0.2, 0) is 12.1 Å². The normalized spacial score (nSPS) is 13.8. The first kappa shape index (κ1) is 17.4. The fourth-order valence-electron chi connectivity index (χ4n) is 2.90. The lowest BCUT2D eigenvalue weighted by Gasteiger charge is -2.23. The van der Waals surface area contributed by atoms with E-state index < -0.39 is 5.60 Å². The molecular weight excluding hydrogens is 321 g/mol. The van der Waals surface area contributed by atoms with E-state index in [9.17, 15) is 9.50 Å². The Morgan fingerprint density at radius 2 is 2.00 bits per heavy atom. The molecule has 2 aromatic heterocycles. The maximum absolute atomic E-state index is 13.0. The zero-order valence-electron chi connectivity index (χ0n) is 14.6. The standard InChI is InChI=1S/C19H22FN3O2/c1-13-8-18(14(2)25-13)19(3,24)12-21-9-15-10-22-23(11-15)17-6-4-16(20)5-7-17/h4-8,10-11,21,24H,9,12H2,1-3H3. The third-order valence-corrected chi connectivity index (χ3v) is 4.15. The Morgan fingerprint density at radius 1 is 1.28 bits per heavy atom. The largest absolute Gasteiger partial charge is 0.466 e. The molecule has 0 spiro atoms. The molecule has 0 bridgehead atoms. The molecule has 0 saturated heterocycles. The van der Waals surface area contributed by atoms with Crippen LogP contribution in [0.2, 0.25) is 0 Å². The van der Waals surface area contributed by atoms with E-state index in [4.69, 9.17) is 4.42 Å². The first-order chi connectivity index (χ1) is 11.8. The first-order valence-electron chi connectivity index (χ1n) is 8.15. The number of nitrogens with one attached hydrogen (secondary N) is 1. The smallest absolute Gasteiger partial charge is 0.123 e. The SMILES string of the molecule is Cc1cc(C(C)(O)CNCc2cnn(-c3ccc(F)cc3)c2)c(C)o1. The van der Waals surface area contributed by atoms with E-state index in [0.717, 1.165) is 28.3 Å². The maximum Gasteiger partial charge on any atom is 0.123 e. The van der Waals surface area contributed by atoms with Crippen molar-refractivity contribution in [2.75, 3.05) is 6.54 Å². The first-order valence-corrected chi connectivity index (χ1v) is 8.15. The molecule has 1 atom stereocenters. The van der Waals surface area contributed by atoms with Crippen molar-refractivity contribution in [3.8, 4) is 5.69 Å². The Morgan fingerprint density at radius 3 is 2.64 bits per heavy atom. The van der Waals surface area contributed by atoms with Crippen LogP contribution in [0.3, 0.4) is 0 Å². The predicted octanol–water partition coefficient (Wildman–Crippen LogP) is 3.22. The number of rotatable bonds is 6. The zero-order chi connectivity index (χ0) is 18.0. The fraction of sp³-hybridized carbons (Fsp3) is 0.316. The molecule has 0 aliphatic rings. The van der Waals surface area contributed by atoms with Gasteiger partial charge in [0.15, 0.2) is 0 Å². The van der Waals surface area contributed by atoms with Crippen molar-refractivity contribution in [1.29, 1.82) is 0 Å². The van der Waals surface area contributed by atoms with Gasteiger partial charge in [-0.1, -0.05) is 0 Å². The minimum absolute atomic E-state index is 0.273. The molecule has 0 aliphatic carbocycles. The van der Waals surface area contributed by atoms with Crippen LogP contribution in [0.1, 0.15) is 29.6 Å². The van der Waals surface area contributed by atoms with Crippen molar-refractivity contribution in [3.05, 3.63) is 71.2 Å². The number of furan rings is 1. The summed E-state index contributed by atoms with van der Waals surface area (Å²) in [4.78, 5) is 0. The van der Waals surface area contributed by atoms with Gasteiger partial charge in [-0.2, -0.15) is 5.10 Å². The van der Waals surface area contributed by atoms with Gasteiger partial charge in [-0.15, -0.1) is 0 Å². The Hall–Kier alpha value is -2.44. The minimum Gasteiger partial charge on any atom is -0.466 e. The van der Waals surface area contributed by atoms with E-state index in [1.54, 1.807) is 29.9 Å². The van der Waals surface area contributed by atoms with Gasteiger partial charge in [0.25, 0.3) is 0 Å². The van der Waals surface area contributed by atoms with Gasteiger partial charge < -0.3 is 14.8 Å². The molecule has 0 radical (unpaired) electrons. The molecule has 2 N–H and O–H groups in total. The van der Waals surface area contributed by atoms with E-state index in [-0.39, 0.29) is 5.82 Å². The van der Waals surface area contributed by atoms with Gasteiger partial charge in [0.1, 0.15) is 22.9 Å². The third kappa shape index (κ3) is 3.97. The molecule has 6 heteroatoms. The van der Waals surface area contributed by atoms with Crippen LogP contribution in [0.25, 0.3) is 5.69 Å². The summed E-state index contributed by atoms with van der Waals surface area (Å²) in [6.07, 6.45) is 3.63. The zero-order valence-corrected chi connectivity index (χ0v) is 14.6. The molecule has 0 amide bonds. The molecule has 3 aromatic rings. The average Bonchev–Trinajstić information content (AvgIpc) is 3.15. The van der Waals surface area contributed by atoms with Gasteiger partial charge in [-0.05, 0) is 51.1 Å². The summed E-state index contributed by atoms with van der Waals surface area (Å²) in [5.74, 6) is 1.24. The molecule has 3 rings (SSSR count). The second kappa shape index (κ2) is 6.82. The highest BCUT2D eigenvalue weighted by Crippen LogP contribution is 2.26. The van der Waals surface area contributed by atoms with Crippen LogP contribution in [0, 0.1) is 19.7 Å². The number of aryl methyl sites for hydroxylation is 2. The summed E-state index contributed by atoms with van der Waals surface area (Å²) in [5, 5.41) is 18.2. The highest BCUT2D eigenvalue weighted by Gasteiger charge is 2.27. The number of hydrogen-bond acceptors (Lipinski definition) is 4. The monoisotopic (exact) mass is 343 g/mol. The summed E-state index contributed by atoms with van der Waals surface area (Å²) in [6, 6.07) is 8.02. The fourth-order valence-corrected chi connectivity index (χ4v) is 2.90. The van der Waals surface area contributed by atoms with Gasteiger partial charge in [0.05, 0.1) is 11.9 Å². The Bertz CT molecular complexity index is 850. The molecule has 0 saturated carbocycles. The van der Waals surface area contributed by atoms with Crippen LogP contribution in [0.4, 0.5) is 4.39 Å². The summed E-state index contributed by atoms with van der Waals surface area (Å²) in [5.41, 5.74) is 1.54. The van der Waals surface area contributed by atoms with Crippen LogP contribution in [0.5, 0.6) is 0 Å². The second-order valence-corrected chi connectivity index (χ2v) is 6.47.